The van der Waals surface area contributed by atoms with Crippen molar-refractivity contribution in [2.75, 3.05) is 12.3 Å². The summed E-state index contributed by atoms with van der Waals surface area (Å²) < 4.78 is 0. The first-order valence-corrected chi connectivity index (χ1v) is 25.9. The van der Waals surface area contributed by atoms with Gasteiger partial charge < -0.3 is 12.8 Å². The summed E-state index contributed by atoms with van der Waals surface area (Å²) in [4.78, 5) is 0. The number of benzene rings is 8. The third-order valence-corrected chi connectivity index (χ3v) is 18.9. The number of rotatable bonds is 9. The Kier molecular flexibility index (Phi) is 17.9. The molecule has 10 rings (SSSR count). The zero-order valence-corrected chi connectivity index (χ0v) is 44.4. The largest absolute Gasteiger partial charge is 1.00 e. The zero-order chi connectivity index (χ0) is 44.5. The molecular formula is C62H56Au2P2+2. The van der Waals surface area contributed by atoms with Gasteiger partial charge in [-0.1, -0.05) is 184 Å². The topological polar surface area (TPSA) is 0 Å². The summed E-state index contributed by atoms with van der Waals surface area (Å²) in [6.07, 6.45) is 20.1. The minimum absolute atomic E-state index is 0. The second kappa shape index (κ2) is 23.3. The van der Waals surface area contributed by atoms with Gasteiger partial charge in [0.2, 0.25) is 0 Å². The van der Waals surface area contributed by atoms with Crippen molar-refractivity contribution in [1.82, 2.24) is 0 Å². The molecule has 8 aromatic carbocycles. The molecule has 0 saturated heterocycles. The Bertz CT molecular complexity index is 2630. The van der Waals surface area contributed by atoms with Crippen LogP contribution in [-0.4, -0.2) is 12.3 Å². The molecular weight excluding hydrogens is 1200 g/mol. The van der Waals surface area contributed by atoms with Crippen LogP contribution < -0.4 is 21.2 Å². The van der Waals surface area contributed by atoms with Crippen molar-refractivity contribution < 1.29 is 44.8 Å². The summed E-state index contributed by atoms with van der Waals surface area (Å²) in [6.45, 7) is 8.88. The van der Waals surface area contributed by atoms with Gasteiger partial charge in [0.15, 0.2) is 0 Å². The van der Waals surface area contributed by atoms with E-state index in [0.717, 1.165) is 11.1 Å². The van der Waals surface area contributed by atoms with Gasteiger partial charge in [-0.2, -0.15) is 0 Å². The minimum Gasteiger partial charge on any atom is -0.366 e. The average molecular weight is 1260 g/mol. The van der Waals surface area contributed by atoms with E-state index in [2.05, 4.69) is 222 Å². The Morgan fingerprint density at radius 3 is 0.924 bits per heavy atom. The number of fused-ring (bicyclic) bond motifs is 6. The molecule has 0 aliphatic heterocycles. The van der Waals surface area contributed by atoms with Crippen molar-refractivity contribution in [1.29, 1.82) is 0 Å². The molecule has 0 amide bonds. The molecule has 0 heterocycles. The zero-order valence-electron chi connectivity index (χ0n) is 38.1. The van der Waals surface area contributed by atoms with Gasteiger partial charge in [0.25, 0.3) is 0 Å². The molecule has 0 aromatic heterocycles. The number of unbranched alkanes of at least 4 members (excludes halogenated alkanes) is 1. The van der Waals surface area contributed by atoms with Crippen molar-refractivity contribution in [3.05, 3.63) is 252 Å². The Morgan fingerprint density at radius 2 is 0.621 bits per heavy atom. The summed E-state index contributed by atoms with van der Waals surface area (Å²) in [5.41, 5.74) is 12.0. The van der Waals surface area contributed by atoms with Crippen molar-refractivity contribution >= 4 is 37.1 Å². The summed E-state index contributed by atoms with van der Waals surface area (Å²) in [5.74, 6) is 5.14. The van der Waals surface area contributed by atoms with E-state index in [1.54, 1.807) is 0 Å². The van der Waals surface area contributed by atoms with Crippen molar-refractivity contribution in [3.63, 3.8) is 0 Å². The van der Waals surface area contributed by atoms with Crippen LogP contribution in [0.5, 0.6) is 0 Å². The van der Waals surface area contributed by atoms with Crippen LogP contribution in [0.4, 0.5) is 0 Å². The van der Waals surface area contributed by atoms with Gasteiger partial charge in [-0.05, 0) is 94.8 Å². The van der Waals surface area contributed by atoms with Crippen LogP contribution in [0.2, 0.25) is 0 Å². The fraction of sp³-hybridized carbons (Fsp3) is 0.161. The van der Waals surface area contributed by atoms with E-state index in [1.165, 1.54) is 90.9 Å². The molecule has 0 unspecified atom stereocenters. The summed E-state index contributed by atoms with van der Waals surface area (Å²) >= 11 is 0. The molecule has 0 N–H and O–H groups in total. The maximum atomic E-state index is 7.45. The van der Waals surface area contributed by atoms with Gasteiger partial charge in [0.05, 0.1) is 49.4 Å². The van der Waals surface area contributed by atoms with Crippen LogP contribution in [0.3, 0.4) is 0 Å². The fourth-order valence-corrected chi connectivity index (χ4v) is 15.4. The van der Waals surface area contributed by atoms with E-state index in [4.69, 9.17) is 12.8 Å². The summed E-state index contributed by atoms with van der Waals surface area (Å²) in [6, 6.07) is 73.9. The van der Waals surface area contributed by atoms with Crippen LogP contribution >= 0.6 is 15.8 Å². The van der Waals surface area contributed by atoms with E-state index >= 15 is 0 Å². The van der Waals surface area contributed by atoms with Gasteiger partial charge in [0, 0.05) is 10.8 Å². The van der Waals surface area contributed by atoms with E-state index < -0.39 is 15.8 Å². The third kappa shape index (κ3) is 10.8. The maximum absolute atomic E-state index is 7.45. The first kappa shape index (κ1) is 50.6. The van der Waals surface area contributed by atoms with Crippen LogP contribution in [0.1, 0.15) is 73.9 Å². The Balaban J connectivity index is 0.000000172. The first-order chi connectivity index (χ1) is 31.2. The SMILES string of the molecule is [Au+].[Au+].[C-]#Cc1cccc2c1C(C)(C)c1ccccc1-2.[C-]#Cc1cccc2c1C(C)(C)c1ccccc1-2.c1ccc([PH+](CCCC[PH+](c2ccccc2)c2ccccc2)c2ccccc2)cc1. The molecule has 0 fully saturated rings. The molecule has 66 heavy (non-hydrogen) atoms. The van der Waals surface area contributed by atoms with Crippen LogP contribution in [0.25, 0.3) is 22.3 Å². The molecule has 0 saturated carbocycles. The first-order valence-electron chi connectivity index (χ1n) is 22.5. The van der Waals surface area contributed by atoms with Crippen molar-refractivity contribution in [2.45, 2.75) is 51.4 Å². The van der Waals surface area contributed by atoms with Crippen molar-refractivity contribution in [3.8, 4) is 34.1 Å². The van der Waals surface area contributed by atoms with E-state index in [-0.39, 0.29) is 55.6 Å². The molecule has 0 nitrogen and oxygen atoms in total. The second-order valence-corrected chi connectivity index (χ2v) is 22.9. The van der Waals surface area contributed by atoms with Gasteiger partial charge in [-0.3, -0.25) is 11.8 Å². The van der Waals surface area contributed by atoms with E-state index in [0.29, 0.717) is 0 Å². The molecule has 2 aliphatic carbocycles. The Labute approximate surface area is 428 Å². The molecule has 2 aliphatic rings. The molecule has 4 heteroatoms. The molecule has 0 spiro atoms. The standard InChI is InChI=1S/C28H28P2.2C17H13.2Au/c1-5-15-25(16-6-1)29(26-17-7-2-8-18-26)23-13-14-24-30(27-19-9-3-10-20-27)28-21-11-4-12-22-28;2*1-4-12-8-7-10-14-13-9-5-6-11-15(13)17(2,3)16(12)14;;/h1-12,15-22H,13-14,23-24H2;2*5-11H,2-3H3;;/q;2*-1;2*+1/p+2. The average Bonchev–Trinajstić information content (AvgIpc) is 3.74. The predicted molar refractivity (Wildman–Crippen MR) is 280 cm³/mol. The monoisotopic (exact) mass is 1260 g/mol. The Hall–Kier alpha value is -4.78. The van der Waals surface area contributed by atoms with Crippen LogP contribution in [-0.2, 0) is 55.6 Å². The van der Waals surface area contributed by atoms with E-state index in [9.17, 15) is 0 Å². The third-order valence-electron chi connectivity index (χ3n) is 13.0. The molecule has 8 aromatic rings. The smallest absolute Gasteiger partial charge is 0.366 e. The molecule has 0 radical (unpaired) electrons. The number of hydrogen-bond acceptors (Lipinski definition) is 0. The van der Waals surface area contributed by atoms with Gasteiger partial charge in [0.1, 0.15) is 0 Å². The minimum atomic E-state index is -0.714. The predicted octanol–water partition coefficient (Wildman–Crippen LogP) is 13.4. The van der Waals surface area contributed by atoms with Gasteiger partial charge in [-0.25, -0.2) is 0 Å². The second-order valence-electron chi connectivity index (χ2n) is 17.7. The summed E-state index contributed by atoms with van der Waals surface area (Å²) in [5, 5.41) is 6.13. The fourth-order valence-electron chi connectivity index (χ4n) is 9.98. The van der Waals surface area contributed by atoms with E-state index in [1.807, 2.05) is 24.3 Å². The number of hydrogen-bond donors (Lipinski definition) is 0. The van der Waals surface area contributed by atoms with Crippen LogP contribution in [0.15, 0.2) is 206 Å². The van der Waals surface area contributed by atoms with Gasteiger partial charge in [-0.15, -0.1) is 23.3 Å². The normalized spacial score (nSPS) is 12.7. The van der Waals surface area contributed by atoms with Crippen LogP contribution in [0, 0.1) is 24.7 Å². The quantitative estimate of drug-likeness (QED) is 0.0444. The van der Waals surface area contributed by atoms with Crippen molar-refractivity contribution in [2.24, 2.45) is 0 Å². The summed E-state index contributed by atoms with van der Waals surface area (Å²) in [7, 11) is -1.43. The molecule has 0 bridgehead atoms. The maximum Gasteiger partial charge on any atom is 1.00 e. The Morgan fingerprint density at radius 1 is 0.348 bits per heavy atom. The molecule has 0 atom stereocenters. The van der Waals surface area contributed by atoms with Gasteiger partial charge >= 0.3 is 44.8 Å². The molecule has 334 valence electrons.